The number of nitrogens with one attached hydrogen (secondary N) is 2. The Morgan fingerprint density at radius 1 is 1.08 bits per heavy atom. The third-order valence-electron chi connectivity index (χ3n) is 3.95. The summed E-state index contributed by atoms with van der Waals surface area (Å²) in [6.07, 6.45) is 0.917. The Bertz CT molecular complexity index is 772. The Labute approximate surface area is 154 Å². The number of para-hydroxylation sites is 1. The highest BCUT2D eigenvalue weighted by molar-refractivity contribution is 5.97. The summed E-state index contributed by atoms with van der Waals surface area (Å²) in [5.41, 5.74) is 3.54. The van der Waals surface area contributed by atoms with Gasteiger partial charge in [-0.05, 0) is 51.0 Å². The van der Waals surface area contributed by atoms with E-state index in [1.807, 2.05) is 45.0 Å². The lowest BCUT2D eigenvalue weighted by Gasteiger charge is -2.11. The van der Waals surface area contributed by atoms with Crippen LogP contribution < -0.4 is 15.4 Å². The van der Waals surface area contributed by atoms with Gasteiger partial charge in [-0.1, -0.05) is 29.8 Å². The standard InChI is InChI=1S/C21H26N2O3/c1-4-26-19-9-6-5-8-17(19)21(25)22-13-7-10-20(24)23-18-12-11-15(2)14-16(18)3/h5-6,8-9,11-12,14H,4,7,10,13H2,1-3H3,(H,22,25)(H,23,24). The van der Waals surface area contributed by atoms with Crippen LogP contribution in [0.5, 0.6) is 5.75 Å². The summed E-state index contributed by atoms with van der Waals surface area (Å²) in [6.45, 7) is 6.80. The van der Waals surface area contributed by atoms with Crippen LogP contribution in [0.4, 0.5) is 5.69 Å². The Hall–Kier alpha value is -2.82. The van der Waals surface area contributed by atoms with E-state index in [9.17, 15) is 9.59 Å². The lowest BCUT2D eigenvalue weighted by molar-refractivity contribution is -0.116. The number of rotatable bonds is 8. The molecule has 0 saturated heterocycles. The fourth-order valence-electron chi connectivity index (χ4n) is 2.65. The molecule has 0 radical (unpaired) electrons. The van der Waals surface area contributed by atoms with Crippen molar-refractivity contribution in [2.45, 2.75) is 33.6 Å². The molecule has 2 aromatic carbocycles. The second-order valence-corrected chi connectivity index (χ2v) is 6.16. The average Bonchev–Trinajstić information content (AvgIpc) is 2.62. The van der Waals surface area contributed by atoms with Crippen molar-refractivity contribution in [1.29, 1.82) is 0 Å². The first-order chi connectivity index (χ1) is 12.5. The number of carbonyl (C=O) groups is 2. The number of anilines is 1. The van der Waals surface area contributed by atoms with Crippen LogP contribution in [0, 0.1) is 13.8 Å². The van der Waals surface area contributed by atoms with E-state index < -0.39 is 0 Å². The van der Waals surface area contributed by atoms with Gasteiger partial charge in [-0.2, -0.15) is 0 Å². The van der Waals surface area contributed by atoms with E-state index >= 15 is 0 Å². The minimum Gasteiger partial charge on any atom is -0.493 e. The summed E-state index contributed by atoms with van der Waals surface area (Å²) in [4.78, 5) is 24.3. The van der Waals surface area contributed by atoms with Gasteiger partial charge in [0.05, 0.1) is 12.2 Å². The number of hydrogen-bond acceptors (Lipinski definition) is 3. The molecule has 0 unspecified atom stereocenters. The molecule has 5 nitrogen and oxygen atoms in total. The number of carbonyl (C=O) groups excluding carboxylic acids is 2. The molecule has 138 valence electrons. The van der Waals surface area contributed by atoms with Crippen LogP contribution >= 0.6 is 0 Å². The van der Waals surface area contributed by atoms with Gasteiger partial charge in [0, 0.05) is 18.7 Å². The first kappa shape index (κ1) is 19.5. The van der Waals surface area contributed by atoms with Crippen molar-refractivity contribution in [2.75, 3.05) is 18.5 Å². The van der Waals surface area contributed by atoms with Gasteiger partial charge in [-0.25, -0.2) is 0 Å². The second-order valence-electron chi connectivity index (χ2n) is 6.16. The number of aryl methyl sites for hydroxylation is 2. The van der Waals surface area contributed by atoms with Crippen molar-refractivity contribution in [2.24, 2.45) is 0 Å². The highest BCUT2D eigenvalue weighted by Gasteiger charge is 2.11. The van der Waals surface area contributed by atoms with Crippen molar-refractivity contribution in [1.82, 2.24) is 5.32 Å². The Balaban J connectivity index is 1.78. The maximum Gasteiger partial charge on any atom is 0.255 e. The topological polar surface area (TPSA) is 67.4 Å². The number of ether oxygens (including phenoxy) is 1. The zero-order valence-corrected chi connectivity index (χ0v) is 15.6. The van der Waals surface area contributed by atoms with Gasteiger partial charge in [-0.15, -0.1) is 0 Å². The molecule has 0 atom stereocenters. The average molecular weight is 354 g/mol. The zero-order valence-electron chi connectivity index (χ0n) is 15.6. The zero-order chi connectivity index (χ0) is 18.9. The van der Waals surface area contributed by atoms with Gasteiger partial charge in [0.15, 0.2) is 0 Å². The number of benzene rings is 2. The molecule has 0 bridgehead atoms. The van der Waals surface area contributed by atoms with Gasteiger partial charge in [0.25, 0.3) is 5.91 Å². The van der Waals surface area contributed by atoms with Crippen molar-refractivity contribution in [3.05, 3.63) is 59.2 Å². The second kappa shape index (κ2) is 9.61. The number of hydrogen-bond donors (Lipinski definition) is 2. The van der Waals surface area contributed by atoms with Crippen LogP contribution in [0.15, 0.2) is 42.5 Å². The van der Waals surface area contributed by atoms with E-state index in [0.29, 0.717) is 37.3 Å². The molecule has 0 saturated carbocycles. The molecule has 2 N–H and O–H groups in total. The van der Waals surface area contributed by atoms with Gasteiger partial charge in [0.2, 0.25) is 5.91 Å². The van der Waals surface area contributed by atoms with Gasteiger partial charge >= 0.3 is 0 Å². The molecule has 2 aromatic rings. The molecular weight excluding hydrogens is 328 g/mol. The molecule has 0 heterocycles. The van der Waals surface area contributed by atoms with Gasteiger partial charge in [0.1, 0.15) is 5.75 Å². The molecule has 0 aliphatic heterocycles. The lowest BCUT2D eigenvalue weighted by atomic mass is 10.1. The SMILES string of the molecule is CCOc1ccccc1C(=O)NCCCC(=O)Nc1ccc(C)cc1C. The van der Waals surface area contributed by atoms with Crippen LogP contribution in [-0.2, 0) is 4.79 Å². The van der Waals surface area contributed by atoms with Crippen molar-refractivity contribution >= 4 is 17.5 Å². The molecular formula is C21H26N2O3. The third kappa shape index (κ3) is 5.62. The highest BCUT2D eigenvalue weighted by Crippen LogP contribution is 2.18. The molecule has 0 fully saturated rings. The summed E-state index contributed by atoms with van der Waals surface area (Å²) in [6, 6.07) is 13.1. The molecule has 2 rings (SSSR count). The Morgan fingerprint density at radius 3 is 2.58 bits per heavy atom. The third-order valence-corrected chi connectivity index (χ3v) is 3.95. The van der Waals surface area contributed by atoms with Gasteiger partial charge < -0.3 is 15.4 Å². The predicted octanol–water partition coefficient (Wildman–Crippen LogP) is 3.85. The molecule has 26 heavy (non-hydrogen) atoms. The first-order valence-corrected chi connectivity index (χ1v) is 8.88. The van der Waals surface area contributed by atoms with Crippen LogP contribution in [-0.4, -0.2) is 25.0 Å². The van der Waals surface area contributed by atoms with Crippen molar-refractivity contribution in [3.8, 4) is 5.75 Å². The summed E-state index contributed by atoms with van der Waals surface area (Å²) >= 11 is 0. The molecule has 0 aliphatic carbocycles. The molecule has 5 heteroatoms. The molecule has 0 spiro atoms. The largest absolute Gasteiger partial charge is 0.493 e. The summed E-state index contributed by atoms with van der Waals surface area (Å²) < 4.78 is 5.46. The monoisotopic (exact) mass is 354 g/mol. The number of amides is 2. The van der Waals surface area contributed by atoms with Crippen molar-refractivity contribution in [3.63, 3.8) is 0 Å². The van der Waals surface area contributed by atoms with Crippen molar-refractivity contribution < 1.29 is 14.3 Å². The summed E-state index contributed by atoms with van der Waals surface area (Å²) in [5.74, 6) is 0.324. The van der Waals surface area contributed by atoms with E-state index in [2.05, 4.69) is 10.6 Å². The quantitative estimate of drug-likeness (QED) is 0.708. The van der Waals surface area contributed by atoms with Crippen LogP contribution in [0.25, 0.3) is 0 Å². The van der Waals surface area contributed by atoms with E-state index in [0.717, 1.165) is 16.8 Å². The van der Waals surface area contributed by atoms with E-state index in [1.165, 1.54) is 0 Å². The van der Waals surface area contributed by atoms with Crippen LogP contribution in [0.3, 0.4) is 0 Å². The fourth-order valence-corrected chi connectivity index (χ4v) is 2.65. The normalized spacial score (nSPS) is 10.3. The van der Waals surface area contributed by atoms with Crippen LogP contribution in [0.1, 0.15) is 41.3 Å². The summed E-state index contributed by atoms with van der Waals surface area (Å²) in [7, 11) is 0. The molecule has 2 amide bonds. The maximum atomic E-state index is 12.3. The molecule has 0 aliphatic rings. The minimum atomic E-state index is -0.191. The Kier molecular flexibility index (Phi) is 7.21. The maximum absolute atomic E-state index is 12.3. The van der Waals surface area contributed by atoms with Crippen LogP contribution in [0.2, 0.25) is 0 Å². The Morgan fingerprint density at radius 2 is 1.85 bits per heavy atom. The fraction of sp³-hybridized carbons (Fsp3) is 0.333. The van der Waals surface area contributed by atoms with E-state index in [1.54, 1.807) is 18.2 Å². The van der Waals surface area contributed by atoms with Gasteiger partial charge in [-0.3, -0.25) is 9.59 Å². The lowest BCUT2D eigenvalue weighted by Crippen LogP contribution is -2.26. The first-order valence-electron chi connectivity index (χ1n) is 8.88. The highest BCUT2D eigenvalue weighted by atomic mass is 16.5. The minimum absolute atomic E-state index is 0.0547. The predicted molar refractivity (Wildman–Crippen MR) is 104 cm³/mol. The van der Waals surface area contributed by atoms with E-state index in [-0.39, 0.29) is 11.8 Å². The van der Waals surface area contributed by atoms with E-state index in [4.69, 9.17) is 4.74 Å². The smallest absolute Gasteiger partial charge is 0.255 e. The molecule has 0 aromatic heterocycles. The summed E-state index contributed by atoms with van der Waals surface area (Å²) in [5, 5.41) is 5.75.